The van der Waals surface area contributed by atoms with E-state index in [4.69, 9.17) is 5.73 Å². The lowest BCUT2D eigenvalue weighted by Crippen LogP contribution is -2.32. The molecule has 0 spiro atoms. The predicted octanol–water partition coefficient (Wildman–Crippen LogP) is 1.19. The van der Waals surface area contributed by atoms with Gasteiger partial charge in [0.15, 0.2) is 0 Å². The minimum Gasteiger partial charge on any atom is -0.358 e. The first-order valence-corrected chi connectivity index (χ1v) is 5.40. The smallest absolute Gasteiger partial charge is 0.221 e. The van der Waals surface area contributed by atoms with Crippen LogP contribution in [0.3, 0.4) is 0 Å². The standard InChI is InChI=1S/C12H13N3O/c13-12-11-7-3-1-2-4-8(7)14-9(11)5-6-10(16)15-12/h1-4,12,14H,5-6,13H2,(H,15,16). The van der Waals surface area contributed by atoms with Crippen molar-refractivity contribution in [2.45, 2.75) is 19.0 Å². The molecule has 82 valence electrons. The SMILES string of the molecule is NC1NC(=O)CCc2[nH]c3ccccc3c21. The predicted molar refractivity (Wildman–Crippen MR) is 61.7 cm³/mol. The molecular weight excluding hydrogens is 202 g/mol. The lowest BCUT2D eigenvalue weighted by Gasteiger charge is -2.11. The Balaban J connectivity index is 2.23. The monoisotopic (exact) mass is 215 g/mol. The summed E-state index contributed by atoms with van der Waals surface area (Å²) in [6.07, 6.45) is 0.818. The summed E-state index contributed by atoms with van der Waals surface area (Å²) >= 11 is 0. The van der Waals surface area contributed by atoms with E-state index in [1.54, 1.807) is 0 Å². The molecule has 16 heavy (non-hydrogen) atoms. The van der Waals surface area contributed by atoms with Gasteiger partial charge in [0.1, 0.15) is 6.17 Å². The Kier molecular flexibility index (Phi) is 1.97. The summed E-state index contributed by atoms with van der Waals surface area (Å²) < 4.78 is 0. The van der Waals surface area contributed by atoms with Crippen LogP contribution in [0.1, 0.15) is 23.8 Å². The van der Waals surface area contributed by atoms with Crippen LogP contribution in [-0.4, -0.2) is 10.9 Å². The number of benzene rings is 1. The van der Waals surface area contributed by atoms with Gasteiger partial charge >= 0.3 is 0 Å². The molecule has 1 aliphatic rings. The number of carbonyl (C=O) groups is 1. The zero-order valence-electron chi connectivity index (χ0n) is 8.79. The van der Waals surface area contributed by atoms with Crippen LogP contribution < -0.4 is 11.1 Å². The summed E-state index contributed by atoms with van der Waals surface area (Å²) in [6, 6.07) is 8.03. The summed E-state index contributed by atoms with van der Waals surface area (Å²) in [5.74, 6) is 0.0150. The van der Waals surface area contributed by atoms with E-state index in [1.807, 2.05) is 24.3 Å². The van der Waals surface area contributed by atoms with Crippen molar-refractivity contribution in [3.05, 3.63) is 35.5 Å². The van der Waals surface area contributed by atoms with Crippen molar-refractivity contribution >= 4 is 16.8 Å². The van der Waals surface area contributed by atoms with E-state index in [0.29, 0.717) is 6.42 Å². The van der Waals surface area contributed by atoms with E-state index < -0.39 is 6.17 Å². The van der Waals surface area contributed by atoms with Crippen LogP contribution in [0, 0.1) is 0 Å². The van der Waals surface area contributed by atoms with Gasteiger partial charge in [-0.15, -0.1) is 0 Å². The van der Waals surface area contributed by atoms with Crippen LogP contribution in [0.5, 0.6) is 0 Å². The lowest BCUT2D eigenvalue weighted by molar-refractivity contribution is -0.121. The molecule has 1 aromatic carbocycles. The van der Waals surface area contributed by atoms with E-state index in [1.165, 1.54) is 0 Å². The molecule has 0 saturated heterocycles. The van der Waals surface area contributed by atoms with E-state index in [2.05, 4.69) is 10.3 Å². The molecule has 1 unspecified atom stereocenters. The van der Waals surface area contributed by atoms with Crippen molar-refractivity contribution in [2.75, 3.05) is 0 Å². The Bertz CT molecular complexity index is 558. The summed E-state index contributed by atoms with van der Waals surface area (Å²) in [5.41, 5.74) is 9.18. The van der Waals surface area contributed by atoms with E-state index >= 15 is 0 Å². The van der Waals surface area contributed by atoms with Gasteiger partial charge in [-0.2, -0.15) is 0 Å². The minimum atomic E-state index is -0.402. The molecule has 4 nitrogen and oxygen atoms in total. The first-order chi connectivity index (χ1) is 7.75. The molecule has 4 heteroatoms. The maximum atomic E-state index is 11.4. The average molecular weight is 215 g/mol. The number of aromatic amines is 1. The molecule has 1 amide bonds. The Morgan fingerprint density at radius 2 is 2.06 bits per heavy atom. The Morgan fingerprint density at radius 1 is 1.25 bits per heavy atom. The third-order valence-corrected chi connectivity index (χ3v) is 3.06. The number of rotatable bonds is 0. The molecule has 2 heterocycles. The van der Waals surface area contributed by atoms with E-state index in [0.717, 1.165) is 28.6 Å². The fraction of sp³-hybridized carbons (Fsp3) is 0.250. The van der Waals surface area contributed by atoms with Gasteiger partial charge in [0.2, 0.25) is 5.91 Å². The van der Waals surface area contributed by atoms with Crippen LogP contribution in [0.4, 0.5) is 0 Å². The average Bonchev–Trinajstić information content (AvgIpc) is 2.57. The maximum Gasteiger partial charge on any atom is 0.221 e. The molecule has 0 saturated carbocycles. The topological polar surface area (TPSA) is 70.9 Å². The first-order valence-electron chi connectivity index (χ1n) is 5.40. The number of hydrogen-bond acceptors (Lipinski definition) is 2. The number of H-pyrrole nitrogens is 1. The Hall–Kier alpha value is -1.81. The number of aryl methyl sites for hydroxylation is 1. The second kappa shape index (κ2) is 3.35. The molecule has 0 aliphatic carbocycles. The van der Waals surface area contributed by atoms with Gasteiger partial charge in [0.05, 0.1) is 0 Å². The molecule has 0 bridgehead atoms. The highest BCUT2D eigenvalue weighted by atomic mass is 16.1. The van der Waals surface area contributed by atoms with Crippen LogP contribution in [0.15, 0.2) is 24.3 Å². The normalized spacial score (nSPS) is 20.3. The van der Waals surface area contributed by atoms with Gasteiger partial charge in [-0.1, -0.05) is 18.2 Å². The molecule has 1 aromatic heterocycles. The fourth-order valence-corrected chi connectivity index (χ4v) is 2.33. The van der Waals surface area contributed by atoms with Crippen LogP contribution in [0.25, 0.3) is 10.9 Å². The van der Waals surface area contributed by atoms with Gasteiger partial charge in [-0.05, 0) is 12.5 Å². The highest BCUT2D eigenvalue weighted by Crippen LogP contribution is 2.28. The lowest BCUT2D eigenvalue weighted by atomic mass is 10.1. The van der Waals surface area contributed by atoms with Crippen molar-refractivity contribution in [3.63, 3.8) is 0 Å². The number of fused-ring (bicyclic) bond motifs is 3. The molecule has 1 atom stereocenters. The minimum absolute atomic E-state index is 0.0150. The molecular formula is C12H13N3O. The van der Waals surface area contributed by atoms with Crippen molar-refractivity contribution < 1.29 is 4.79 Å². The quantitative estimate of drug-likeness (QED) is 0.617. The molecule has 0 radical (unpaired) electrons. The summed E-state index contributed by atoms with van der Waals surface area (Å²) in [5, 5.41) is 3.90. The molecule has 1 aliphatic heterocycles. The Labute approximate surface area is 92.8 Å². The molecule has 4 N–H and O–H groups in total. The largest absolute Gasteiger partial charge is 0.358 e. The van der Waals surface area contributed by atoms with Crippen molar-refractivity contribution in [1.29, 1.82) is 0 Å². The highest BCUT2D eigenvalue weighted by molar-refractivity contribution is 5.87. The van der Waals surface area contributed by atoms with Crippen molar-refractivity contribution in [2.24, 2.45) is 5.73 Å². The van der Waals surface area contributed by atoms with E-state index in [-0.39, 0.29) is 5.91 Å². The van der Waals surface area contributed by atoms with Crippen LogP contribution >= 0.6 is 0 Å². The molecule has 2 aromatic rings. The summed E-state index contributed by atoms with van der Waals surface area (Å²) in [7, 11) is 0. The number of nitrogens with one attached hydrogen (secondary N) is 2. The third kappa shape index (κ3) is 1.31. The van der Waals surface area contributed by atoms with E-state index in [9.17, 15) is 4.79 Å². The van der Waals surface area contributed by atoms with Crippen molar-refractivity contribution in [3.8, 4) is 0 Å². The van der Waals surface area contributed by atoms with Gasteiger partial charge in [0.25, 0.3) is 0 Å². The zero-order valence-corrected chi connectivity index (χ0v) is 8.79. The molecule has 0 fully saturated rings. The number of hydrogen-bond donors (Lipinski definition) is 3. The fourth-order valence-electron chi connectivity index (χ4n) is 2.33. The van der Waals surface area contributed by atoms with Gasteiger partial charge < -0.3 is 16.0 Å². The third-order valence-electron chi connectivity index (χ3n) is 3.06. The maximum absolute atomic E-state index is 11.4. The summed E-state index contributed by atoms with van der Waals surface area (Å²) in [6.45, 7) is 0. The summed E-state index contributed by atoms with van der Waals surface area (Å²) in [4.78, 5) is 14.7. The number of para-hydroxylation sites is 1. The zero-order chi connectivity index (χ0) is 11.1. The molecule has 3 rings (SSSR count). The number of aromatic nitrogens is 1. The first kappa shape index (κ1) is 9.42. The van der Waals surface area contributed by atoms with Gasteiger partial charge in [0, 0.05) is 28.6 Å². The number of amides is 1. The highest BCUT2D eigenvalue weighted by Gasteiger charge is 2.22. The second-order valence-electron chi connectivity index (χ2n) is 4.11. The van der Waals surface area contributed by atoms with Crippen LogP contribution in [-0.2, 0) is 11.2 Å². The van der Waals surface area contributed by atoms with Gasteiger partial charge in [-0.3, -0.25) is 4.79 Å². The van der Waals surface area contributed by atoms with Crippen LogP contribution in [0.2, 0.25) is 0 Å². The van der Waals surface area contributed by atoms with Gasteiger partial charge in [-0.25, -0.2) is 0 Å². The second-order valence-corrected chi connectivity index (χ2v) is 4.11. The van der Waals surface area contributed by atoms with Crippen molar-refractivity contribution in [1.82, 2.24) is 10.3 Å². The number of nitrogens with two attached hydrogens (primary N) is 1. The Morgan fingerprint density at radius 3 is 2.94 bits per heavy atom. The number of carbonyl (C=O) groups excluding carboxylic acids is 1.